The van der Waals surface area contributed by atoms with E-state index in [1.165, 1.54) is 0 Å². The lowest BCUT2D eigenvalue weighted by Crippen LogP contribution is -2.23. The van der Waals surface area contributed by atoms with Crippen LogP contribution in [0.5, 0.6) is 0 Å². The Kier molecular flexibility index (Phi) is 7.56. The summed E-state index contributed by atoms with van der Waals surface area (Å²) in [6.45, 7) is 6.13. The number of rotatable bonds is 8. The first-order valence-electron chi connectivity index (χ1n) is 9.22. The van der Waals surface area contributed by atoms with Crippen LogP contribution < -0.4 is 21.3 Å². The van der Waals surface area contributed by atoms with Gasteiger partial charge >= 0.3 is 0 Å². The summed E-state index contributed by atoms with van der Waals surface area (Å²) in [4.78, 5) is 35.6. The fraction of sp³-hybridized carbons (Fsp3) is 0.286. The van der Waals surface area contributed by atoms with Gasteiger partial charge in [0.25, 0.3) is 5.91 Å². The standard InChI is InChI=1S/C21H26N4O3/c1-4-22-21(28)15-8-10-16(11-9-15)24-19(26)13-23-17-6-5-7-18(12-17)25-20(27)14(2)3/h5-12,14,23H,4,13H2,1-3H3,(H,22,28)(H,24,26)(H,25,27). The van der Waals surface area contributed by atoms with Crippen LogP contribution in [0, 0.1) is 5.92 Å². The first-order valence-corrected chi connectivity index (χ1v) is 9.22. The Hall–Kier alpha value is -3.35. The quantitative estimate of drug-likeness (QED) is 0.564. The second-order valence-electron chi connectivity index (χ2n) is 6.56. The van der Waals surface area contributed by atoms with E-state index in [1.807, 2.05) is 26.8 Å². The first kappa shape index (κ1) is 21.0. The number of carbonyl (C=O) groups is 3. The number of amides is 3. The Bertz CT molecular complexity index is 832. The monoisotopic (exact) mass is 382 g/mol. The molecular formula is C21H26N4O3. The van der Waals surface area contributed by atoms with Crippen molar-refractivity contribution in [2.24, 2.45) is 5.92 Å². The molecule has 3 amide bonds. The molecule has 0 atom stereocenters. The average Bonchev–Trinajstić information content (AvgIpc) is 2.67. The van der Waals surface area contributed by atoms with Gasteiger partial charge in [-0.25, -0.2) is 0 Å². The Labute approximate surface area is 164 Å². The highest BCUT2D eigenvalue weighted by molar-refractivity contribution is 5.97. The fourth-order valence-electron chi connectivity index (χ4n) is 2.35. The van der Waals surface area contributed by atoms with Crippen LogP contribution in [0.15, 0.2) is 48.5 Å². The fourth-order valence-corrected chi connectivity index (χ4v) is 2.35. The maximum Gasteiger partial charge on any atom is 0.251 e. The van der Waals surface area contributed by atoms with E-state index in [0.717, 1.165) is 5.69 Å². The van der Waals surface area contributed by atoms with Crippen LogP contribution in [0.1, 0.15) is 31.1 Å². The third kappa shape index (κ3) is 6.42. The average molecular weight is 382 g/mol. The Morgan fingerprint density at radius 1 is 0.893 bits per heavy atom. The minimum Gasteiger partial charge on any atom is -0.376 e. The van der Waals surface area contributed by atoms with Crippen LogP contribution in [-0.4, -0.2) is 30.8 Å². The summed E-state index contributed by atoms with van der Waals surface area (Å²) in [5.74, 6) is -0.540. The summed E-state index contributed by atoms with van der Waals surface area (Å²) < 4.78 is 0. The van der Waals surface area contributed by atoms with E-state index >= 15 is 0 Å². The molecule has 2 aromatic carbocycles. The van der Waals surface area contributed by atoms with Gasteiger partial charge in [0.2, 0.25) is 11.8 Å². The van der Waals surface area contributed by atoms with Crippen LogP contribution in [0.4, 0.5) is 17.1 Å². The molecular weight excluding hydrogens is 356 g/mol. The summed E-state index contributed by atoms with van der Waals surface area (Å²) in [5, 5.41) is 11.3. The van der Waals surface area contributed by atoms with E-state index in [9.17, 15) is 14.4 Å². The molecule has 0 aliphatic heterocycles. The summed E-state index contributed by atoms with van der Waals surface area (Å²) >= 11 is 0. The molecule has 0 radical (unpaired) electrons. The largest absolute Gasteiger partial charge is 0.376 e. The molecule has 7 nitrogen and oxygen atoms in total. The van der Waals surface area contributed by atoms with Gasteiger partial charge in [0.1, 0.15) is 0 Å². The molecule has 0 saturated heterocycles. The number of nitrogens with one attached hydrogen (secondary N) is 4. The molecule has 0 saturated carbocycles. The lowest BCUT2D eigenvalue weighted by molar-refractivity contribution is -0.119. The second kappa shape index (κ2) is 10.1. The molecule has 0 heterocycles. The molecule has 4 N–H and O–H groups in total. The SMILES string of the molecule is CCNC(=O)c1ccc(NC(=O)CNc2cccc(NC(=O)C(C)C)c2)cc1. The molecule has 2 rings (SSSR count). The zero-order valence-corrected chi connectivity index (χ0v) is 16.3. The first-order chi connectivity index (χ1) is 13.4. The van der Waals surface area contributed by atoms with Gasteiger partial charge in [-0.2, -0.15) is 0 Å². The van der Waals surface area contributed by atoms with Gasteiger partial charge in [-0.3, -0.25) is 14.4 Å². The predicted octanol–water partition coefficient (Wildman–Crippen LogP) is 3.08. The number of carbonyl (C=O) groups excluding carboxylic acids is 3. The van der Waals surface area contributed by atoms with Crippen molar-refractivity contribution in [2.45, 2.75) is 20.8 Å². The van der Waals surface area contributed by atoms with E-state index in [4.69, 9.17) is 0 Å². The van der Waals surface area contributed by atoms with E-state index in [0.29, 0.717) is 23.5 Å². The molecule has 0 aliphatic carbocycles. The minimum atomic E-state index is -0.220. The molecule has 0 aromatic heterocycles. The summed E-state index contributed by atoms with van der Waals surface area (Å²) in [5.41, 5.74) is 2.55. The van der Waals surface area contributed by atoms with Crippen LogP contribution in [0.3, 0.4) is 0 Å². The van der Waals surface area contributed by atoms with Crippen LogP contribution >= 0.6 is 0 Å². The van der Waals surface area contributed by atoms with E-state index in [1.54, 1.807) is 42.5 Å². The van der Waals surface area contributed by atoms with E-state index in [2.05, 4.69) is 21.3 Å². The highest BCUT2D eigenvalue weighted by Crippen LogP contribution is 2.16. The zero-order valence-electron chi connectivity index (χ0n) is 16.3. The molecule has 0 bridgehead atoms. The number of anilines is 3. The van der Waals surface area contributed by atoms with Gasteiger partial charge in [-0.1, -0.05) is 19.9 Å². The van der Waals surface area contributed by atoms with Gasteiger partial charge in [0.05, 0.1) is 6.54 Å². The number of hydrogen-bond donors (Lipinski definition) is 4. The smallest absolute Gasteiger partial charge is 0.251 e. The maximum absolute atomic E-state index is 12.1. The van der Waals surface area contributed by atoms with Crippen molar-refractivity contribution in [3.63, 3.8) is 0 Å². The Morgan fingerprint density at radius 2 is 1.57 bits per heavy atom. The minimum absolute atomic E-state index is 0.0639. The Balaban J connectivity index is 1.87. The number of benzene rings is 2. The molecule has 7 heteroatoms. The molecule has 0 unspecified atom stereocenters. The van der Waals surface area contributed by atoms with E-state index < -0.39 is 0 Å². The van der Waals surface area contributed by atoms with Crippen molar-refractivity contribution >= 4 is 34.8 Å². The van der Waals surface area contributed by atoms with Crippen molar-refractivity contribution in [1.29, 1.82) is 0 Å². The van der Waals surface area contributed by atoms with Gasteiger partial charge in [0, 0.05) is 35.1 Å². The summed E-state index contributed by atoms with van der Waals surface area (Å²) in [6, 6.07) is 13.9. The predicted molar refractivity (Wildman–Crippen MR) is 111 cm³/mol. The van der Waals surface area contributed by atoms with Gasteiger partial charge in [-0.15, -0.1) is 0 Å². The maximum atomic E-state index is 12.1. The van der Waals surface area contributed by atoms with Gasteiger partial charge in [0.15, 0.2) is 0 Å². The number of hydrogen-bond acceptors (Lipinski definition) is 4. The molecule has 148 valence electrons. The summed E-state index contributed by atoms with van der Waals surface area (Å²) in [6.07, 6.45) is 0. The molecule has 0 fully saturated rings. The van der Waals surface area contributed by atoms with Crippen molar-refractivity contribution in [1.82, 2.24) is 5.32 Å². The summed E-state index contributed by atoms with van der Waals surface area (Å²) in [7, 11) is 0. The topological polar surface area (TPSA) is 99.3 Å². The highest BCUT2D eigenvalue weighted by Gasteiger charge is 2.08. The molecule has 0 aliphatic rings. The van der Waals surface area contributed by atoms with Crippen molar-refractivity contribution in [3.8, 4) is 0 Å². The zero-order chi connectivity index (χ0) is 20.5. The molecule has 2 aromatic rings. The highest BCUT2D eigenvalue weighted by atomic mass is 16.2. The van der Waals surface area contributed by atoms with E-state index in [-0.39, 0.29) is 30.2 Å². The molecule has 28 heavy (non-hydrogen) atoms. The second-order valence-corrected chi connectivity index (χ2v) is 6.56. The third-order valence-corrected chi connectivity index (χ3v) is 3.88. The van der Waals surface area contributed by atoms with Gasteiger partial charge in [-0.05, 0) is 49.4 Å². The van der Waals surface area contributed by atoms with Crippen LogP contribution in [-0.2, 0) is 9.59 Å². The van der Waals surface area contributed by atoms with Crippen LogP contribution in [0.2, 0.25) is 0 Å². The molecule has 0 spiro atoms. The van der Waals surface area contributed by atoms with Crippen molar-refractivity contribution in [3.05, 3.63) is 54.1 Å². The van der Waals surface area contributed by atoms with Crippen molar-refractivity contribution in [2.75, 3.05) is 29.0 Å². The third-order valence-electron chi connectivity index (χ3n) is 3.88. The lowest BCUT2D eigenvalue weighted by atomic mass is 10.2. The normalized spacial score (nSPS) is 10.3. The lowest BCUT2D eigenvalue weighted by Gasteiger charge is -2.11. The van der Waals surface area contributed by atoms with Gasteiger partial charge < -0.3 is 21.3 Å². The Morgan fingerprint density at radius 3 is 2.21 bits per heavy atom. The van der Waals surface area contributed by atoms with Crippen LogP contribution in [0.25, 0.3) is 0 Å². The van der Waals surface area contributed by atoms with Crippen molar-refractivity contribution < 1.29 is 14.4 Å².